The standard InChI is InChI=1S/C48H31N3/c1-4-15-33(16-5-1)45-49-46(36-25-24-32-14-10-11-17-34(32)30-36)51-47(50-45)37-26-28-40-35(31-37)27-29-43-44(40)41-22-12-13-23-42(41)48(43,38-18-6-2-7-19-38)39-20-8-3-9-21-39/h1-31H. The van der Waals surface area contributed by atoms with Gasteiger partial charge >= 0.3 is 0 Å². The molecule has 3 heteroatoms. The number of hydrogen-bond acceptors (Lipinski definition) is 3. The van der Waals surface area contributed by atoms with Crippen molar-refractivity contribution in [2.75, 3.05) is 0 Å². The third kappa shape index (κ3) is 4.63. The van der Waals surface area contributed by atoms with Gasteiger partial charge in [0, 0.05) is 16.7 Å². The van der Waals surface area contributed by atoms with Gasteiger partial charge in [0.05, 0.1) is 5.41 Å². The minimum atomic E-state index is -0.436. The summed E-state index contributed by atoms with van der Waals surface area (Å²) >= 11 is 0. The maximum Gasteiger partial charge on any atom is 0.164 e. The maximum atomic E-state index is 5.10. The average molecular weight is 650 g/mol. The Morgan fingerprint density at radius 2 is 0.843 bits per heavy atom. The Morgan fingerprint density at radius 3 is 1.53 bits per heavy atom. The fraction of sp³-hybridized carbons (Fsp3) is 0.0208. The Balaban J connectivity index is 1.18. The van der Waals surface area contributed by atoms with E-state index in [0.717, 1.165) is 27.5 Å². The van der Waals surface area contributed by atoms with E-state index < -0.39 is 5.41 Å². The molecule has 0 spiro atoms. The van der Waals surface area contributed by atoms with Gasteiger partial charge in [0.1, 0.15) is 0 Å². The highest BCUT2D eigenvalue weighted by Crippen LogP contribution is 2.57. The summed E-state index contributed by atoms with van der Waals surface area (Å²) in [4.78, 5) is 15.2. The molecule has 8 aromatic carbocycles. The van der Waals surface area contributed by atoms with Crippen LogP contribution in [-0.2, 0) is 5.41 Å². The summed E-state index contributed by atoms with van der Waals surface area (Å²) in [5, 5.41) is 4.70. The molecule has 10 rings (SSSR count). The van der Waals surface area contributed by atoms with Crippen LogP contribution >= 0.6 is 0 Å². The molecule has 238 valence electrons. The maximum absolute atomic E-state index is 5.10. The van der Waals surface area contributed by atoms with Crippen LogP contribution in [0.3, 0.4) is 0 Å². The van der Waals surface area contributed by atoms with Crippen molar-refractivity contribution < 1.29 is 0 Å². The molecule has 0 amide bonds. The Bertz CT molecular complexity index is 2700. The first-order valence-corrected chi connectivity index (χ1v) is 17.4. The van der Waals surface area contributed by atoms with Gasteiger partial charge in [-0.05, 0) is 67.1 Å². The van der Waals surface area contributed by atoms with Crippen molar-refractivity contribution >= 4 is 21.5 Å². The first kappa shape index (κ1) is 29.2. The lowest BCUT2D eigenvalue weighted by Gasteiger charge is -2.33. The molecular weight excluding hydrogens is 619 g/mol. The molecular formula is C48H31N3. The second-order valence-electron chi connectivity index (χ2n) is 13.2. The first-order valence-electron chi connectivity index (χ1n) is 17.4. The monoisotopic (exact) mass is 649 g/mol. The Kier molecular flexibility index (Phi) is 6.71. The molecule has 9 aromatic rings. The highest BCUT2D eigenvalue weighted by Gasteiger charge is 2.46. The summed E-state index contributed by atoms with van der Waals surface area (Å²) in [5.41, 5.74) is 10.1. The molecule has 1 aliphatic rings. The second kappa shape index (κ2) is 11.7. The van der Waals surface area contributed by atoms with Gasteiger partial charge < -0.3 is 0 Å². The number of benzene rings is 8. The van der Waals surface area contributed by atoms with Crippen LogP contribution in [0.5, 0.6) is 0 Å². The quantitative estimate of drug-likeness (QED) is 0.186. The van der Waals surface area contributed by atoms with E-state index >= 15 is 0 Å². The number of nitrogens with zero attached hydrogens (tertiary/aromatic N) is 3. The van der Waals surface area contributed by atoms with Crippen LogP contribution in [0.2, 0.25) is 0 Å². The summed E-state index contributed by atoms with van der Waals surface area (Å²) in [6.07, 6.45) is 0. The van der Waals surface area contributed by atoms with Crippen molar-refractivity contribution in [3.05, 3.63) is 210 Å². The van der Waals surface area contributed by atoms with Crippen molar-refractivity contribution in [3.8, 4) is 45.3 Å². The zero-order chi connectivity index (χ0) is 33.8. The number of aromatic nitrogens is 3. The van der Waals surface area contributed by atoms with Gasteiger partial charge in [-0.3, -0.25) is 0 Å². The van der Waals surface area contributed by atoms with Crippen LogP contribution in [0, 0.1) is 0 Å². The predicted molar refractivity (Wildman–Crippen MR) is 208 cm³/mol. The summed E-state index contributed by atoms with van der Waals surface area (Å²) in [6, 6.07) is 67.0. The molecule has 0 unspecified atom stereocenters. The second-order valence-corrected chi connectivity index (χ2v) is 13.2. The van der Waals surface area contributed by atoms with E-state index in [4.69, 9.17) is 15.0 Å². The minimum Gasteiger partial charge on any atom is -0.208 e. The summed E-state index contributed by atoms with van der Waals surface area (Å²) in [5.74, 6) is 1.96. The zero-order valence-electron chi connectivity index (χ0n) is 27.7. The third-order valence-electron chi connectivity index (χ3n) is 10.4. The molecule has 0 saturated carbocycles. The van der Waals surface area contributed by atoms with Gasteiger partial charge in [0.25, 0.3) is 0 Å². The topological polar surface area (TPSA) is 38.7 Å². The molecule has 0 bridgehead atoms. The zero-order valence-corrected chi connectivity index (χ0v) is 27.7. The average Bonchev–Trinajstić information content (AvgIpc) is 3.53. The largest absolute Gasteiger partial charge is 0.208 e. The molecule has 0 aliphatic heterocycles. The van der Waals surface area contributed by atoms with Crippen LogP contribution in [0.4, 0.5) is 0 Å². The van der Waals surface area contributed by atoms with Crippen LogP contribution in [0.25, 0.3) is 66.8 Å². The van der Waals surface area contributed by atoms with Gasteiger partial charge in [0.2, 0.25) is 0 Å². The van der Waals surface area contributed by atoms with E-state index in [0.29, 0.717) is 17.5 Å². The third-order valence-corrected chi connectivity index (χ3v) is 10.4. The molecule has 1 aliphatic carbocycles. The lowest BCUT2D eigenvalue weighted by atomic mass is 9.67. The van der Waals surface area contributed by atoms with Gasteiger partial charge in [-0.2, -0.15) is 0 Å². The van der Waals surface area contributed by atoms with E-state index in [-0.39, 0.29) is 0 Å². The summed E-state index contributed by atoms with van der Waals surface area (Å²) in [7, 11) is 0. The van der Waals surface area contributed by atoms with Crippen LogP contribution < -0.4 is 0 Å². The van der Waals surface area contributed by atoms with E-state index in [1.54, 1.807) is 0 Å². The fourth-order valence-corrected chi connectivity index (χ4v) is 8.09. The highest BCUT2D eigenvalue weighted by molar-refractivity contribution is 6.05. The SMILES string of the molecule is c1ccc(-c2nc(-c3ccc4ccccc4c3)nc(-c3ccc4c5c(ccc4c3)C(c3ccccc3)(c3ccccc3)c3ccccc3-5)n2)cc1. The van der Waals surface area contributed by atoms with Crippen LogP contribution in [0.15, 0.2) is 188 Å². The first-order chi connectivity index (χ1) is 25.3. The highest BCUT2D eigenvalue weighted by atomic mass is 15.0. The molecule has 0 N–H and O–H groups in total. The smallest absolute Gasteiger partial charge is 0.164 e. The normalized spacial score (nSPS) is 12.9. The van der Waals surface area contributed by atoms with Gasteiger partial charge in [0.15, 0.2) is 17.5 Å². The van der Waals surface area contributed by atoms with Crippen LogP contribution in [-0.4, -0.2) is 15.0 Å². The summed E-state index contributed by atoms with van der Waals surface area (Å²) in [6.45, 7) is 0. The molecule has 3 nitrogen and oxygen atoms in total. The number of rotatable bonds is 5. The lowest BCUT2D eigenvalue weighted by Crippen LogP contribution is -2.28. The minimum absolute atomic E-state index is 0.436. The van der Waals surface area contributed by atoms with E-state index in [2.05, 4.69) is 170 Å². The molecule has 0 radical (unpaired) electrons. The fourth-order valence-electron chi connectivity index (χ4n) is 8.09. The molecule has 51 heavy (non-hydrogen) atoms. The molecule has 1 heterocycles. The van der Waals surface area contributed by atoms with E-state index in [9.17, 15) is 0 Å². The van der Waals surface area contributed by atoms with Crippen molar-refractivity contribution in [1.82, 2.24) is 15.0 Å². The molecule has 1 aromatic heterocycles. The van der Waals surface area contributed by atoms with Crippen LogP contribution in [0.1, 0.15) is 22.3 Å². The predicted octanol–water partition coefficient (Wildman–Crippen LogP) is 11.5. The van der Waals surface area contributed by atoms with Gasteiger partial charge in [-0.25, -0.2) is 15.0 Å². The van der Waals surface area contributed by atoms with Crippen molar-refractivity contribution in [2.45, 2.75) is 5.41 Å². The number of hydrogen-bond donors (Lipinski definition) is 0. The Hall–Kier alpha value is -6.71. The Labute approximate surface area is 296 Å². The van der Waals surface area contributed by atoms with E-state index in [1.165, 1.54) is 44.2 Å². The van der Waals surface area contributed by atoms with Gasteiger partial charge in [-0.15, -0.1) is 0 Å². The molecule has 0 atom stereocenters. The lowest BCUT2D eigenvalue weighted by molar-refractivity contribution is 0.769. The molecule has 0 saturated heterocycles. The van der Waals surface area contributed by atoms with E-state index in [1.807, 2.05) is 18.2 Å². The van der Waals surface area contributed by atoms with Crippen molar-refractivity contribution in [2.24, 2.45) is 0 Å². The van der Waals surface area contributed by atoms with Crippen molar-refractivity contribution in [3.63, 3.8) is 0 Å². The van der Waals surface area contributed by atoms with Gasteiger partial charge in [-0.1, -0.05) is 176 Å². The number of fused-ring (bicyclic) bond motifs is 6. The Morgan fingerprint density at radius 1 is 0.333 bits per heavy atom. The molecule has 0 fully saturated rings. The van der Waals surface area contributed by atoms with Crippen molar-refractivity contribution in [1.29, 1.82) is 0 Å². The summed E-state index contributed by atoms with van der Waals surface area (Å²) < 4.78 is 0.